The summed E-state index contributed by atoms with van der Waals surface area (Å²) in [5.74, 6) is 0.439. The minimum atomic E-state index is 0.0715. The summed E-state index contributed by atoms with van der Waals surface area (Å²) in [7, 11) is 0. The summed E-state index contributed by atoms with van der Waals surface area (Å²) in [6.45, 7) is 8.76. The summed E-state index contributed by atoms with van der Waals surface area (Å²) in [6, 6.07) is 13.8. The summed E-state index contributed by atoms with van der Waals surface area (Å²) >= 11 is 0. The Morgan fingerprint density at radius 2 is 1.88 bits per heavy atom. The molecule has 4 nitrogen and oxygen atoms in total. The van der Waals surface area contributed by atoms with E-state index in [0.29, 0.717) is 12.3 Å². The van der Waals surface area contributed by atoms with Crippen molar-refractivity contribution in [1.29, 1.82) is 0 Å². The van der Waals surface area contributed by atoms with Crippen LogP contribution in [0.2, 0.25) is 0 Å². The van der Waals surface area contributed by atoms with Crippen LogP contribution in [-0.2, 0) is 4.79 Å². The molecule has 0 aliphatic heterocycles. The Morgan fingerprint density at radius 1 is 1.15 bits per heavy atom. The van der Waals surface area contributed by atoms with Crippen LogP contribution in [0.5, 0.6) is 0 Å². The Bertz CT molecular complexity index is 855. The van der Waals surface area contributed by atoms with Crippen LogP contribution < -0.4 is 5.32 Å². The molecule has 3 rings (SSSR count). The quantitative estimate of drug-likeness (QED) is 0.670. The maximum Gasteiger partial charge on any atom is 0.224 e. The van der Waals surface area contributed by atoms with E-state index in [1.165, 1.54) is 0 Å². The van der Waals surface area contributed by atoms with E-state index in [0.717, 1.165) is 29.0 Å². The number of rotatable bonds is 5. The second-order valence-corrected chi connectivity index (χ2v) is 8.29. The van der Waals surface area contributed by atoms with Gasteiger partial charge in [-0.05, 0) is 42.0 Å². The minimum absolute atomic E-state index is 0.0715. The van der Waals surface area contributed by atoms with Crippen LogP contribution in [0.4, 0.5) is 5.69 Å². The lowest BCUT2D eigenvalue weighted by Gasteiger charge is -2.22. The highest BCUT2D eigenvalue weighted by Gasteiger charge is 2.17. The summed E-state index contributed by atoms with van der Waals surface area (Å²) in [5.41, 5.74) is 3.95. The largest absolute Gasteiger partial charge is 0.326 e. The zero-order valence-electron chi connectivity index (χ0n) is 16.0. The van der Waals surface area contributed by atoms with Crippen molar-refractivity contribution in [1.82, 2.24) is 9.38 Å². The molecule has 3 aromatic rings. The third-order valence-electron chi connectivity index (χ3n) is 4.32. The van der Waals surface area contributed by atoms with Crippen molar-refractivity contribution < 1.29 is 4.79 Å². The SMILES string of the molecule is CC(CC(=O)Nc1ccc(-c2cn3ccccc3n2)cc1)CC(C)(C)C. The average molecular weight is 349 g/mol. The second kappa shape index (κ2) is 7.32. The molecule has 0 saturated carbocycles. The fourth-order valence-electron chi connectivity index (χ4n) is 3.44. The molecule has 0 aliphatic carbocycles. The number of fused-ring (bicyclic) bond motifs is 1. The topological polar surface area (TPSA) is 46.4 Å². The van der Waals surface area contributed by atoms with E-state index >= 15 is 0 Å². The van der Waals surface area contributed by atoms with Gasteiger partial charge < -0.3 is 9.72 Å². The van der Waals surface area contributed by atoms with Gasteiger partial charge in [0.2, 0.25) is 5.91 Å². The van der Waals surface area contributed by atoms with Crippen LogP contribution in [0.1, 0.15) is 40.5 Å². The normalized spacial score (nSPS) is 12.9. The Labute approximate surface area is 155 Å². The third kappa shape index (κ3) is 4.72. The first-order valence-corrected chi connectivity index (χ1v) is 9.14. The van der Waals surface area contributed by atoms with Crippen LogP contribution in [0, 0.1) is 11.3 Å². The van der Waals surface area contributed by atoms with Crippen molar-refractivity contribution in [2.45, 2.75) is 40.5 Å². The lowest BCUT2D eigenvalue weighted by molar-refractivity contribution is -0.117. The van der Waals surface area contributed by atoms with Crippen molar-refractivity contribution in [3.8, 4) is 11.3 Å². The molecule has 0 fully saturated rings. The number of pyridine rings is 1. The number of anilines is 1. The maximum absolute atomic E-state index is 12.3. The van der Waals surface area contributed by atoms with Crippen molar-refractivity contribution in [3.05, 3.63) is 54.9 Å². The van der Waals surface area contributed by atoms with E-state index in [2.05, 4.69) is 38.0 Å². The number of benzene rings is 1. The number of aromatic nitrogens is 2. The molecule has 0 saturated heterocycles. The molecule has 0 spiro atoms. The van der Waals surface area contributed by atoms with Crippen molar-refractivity contribution >= 4 is 17.2 Å². The number of imidazole rings is 1. The third-order valence-corrected chi connectivity index (χ3v) is 4.32. The van der Waals surface area contributed by atoms with Crippen LogP contribution in [0.15, 0.2) is 54.9 Å². The molecule has 1 atom stereocenters. The summed E-state index contributed by atoms with van der Waals surface area (Å²) in [5, 5.41) is 3.00. The van der Waals surface area contributed by atoms with Crippen LogP contribution >= 0.6 is 0 Å². The molecule has 4 heteroatoms. The first-order valence-electron chi connectivity index (χ1n) is 9.14. The maximum atomic E-state index is 12.3. The predicted octanol–water partition coefficient (Wildman–Crippen LogP) is 5.40. The van der Waals surface area contributed by atoms with Gasteiger partial charge in [-0.25, -0.2) is 4.98 Å². The standard InChI is InChI=1S/C22H27N3O/c1-16(14-22(2,3)4)13-21(26)23-18-10-8-17(9-11-18)19-15-25-12-6-5-7-20(25)24-19/h5-12,15-16H,13-14H2,1-4H3,(H,23,26). The highest BCUT2D eigenvalue weighted by molar-refractivity contribution is 5.91. The molecule has 0 radical (unpaired) electrons. The van der Waals surface area contributed by atoms with Gasteiger partial charge in [0.15, 0.2) is 0 Å². The van der Waals surface area contributed by atoms with Gasteiger partial charge in [-0.15, -0.1) is 0 Å². The first-order chi connectivity index (χ1) is 12.3. The highest BCUT2D eigenvalue weighted by atomic mass is 16.1. The fourth-order valence-corrected chi connectivity index (χ4v) is 3.44. The van der Waals surface area contributed by atoms with E-state index in [9.17, 15) is 4.79 Å². The number of nitrogens with zero attached hydrogens (tertiary/aromatic N) is 2. The Hall–Kier alpha value is -2.62. The Balaban J connectivity index is 1.63. The van der Waals surface area contributed by atoms with Gasteiger partial charge in [-0.2, -0.15) is 0 Å². The van der Waals surface area contributed by atoms with Gasteiger partial charge >= 0.3 is 0 Å². The fraction of sp³-hybridized carbons (Fsp3) is 0.364. The van der Waals surface area contributed by atoms with E-state index in [1.54, 1.807) is 0 Å². The van der Waals surface area contributed by atoms with Crippen LogP contribution in [-0.4, -0.2) is 15.3 Å². The number of nitrogens with one attached hydrogen (secondary N) is 1. The van der Waals surface area contributed by atoms with Crippen LogP contribution in [0.3, 0.4) is 0 Å². The molecule has 2 aromatic heterocycles. The minimum Gasteiger partial charge on any atom is -0.326 e. The molecule has 0 aliphatic rings. The number of hydrogen-bond acceptors (Lipinski definition) is 2. The molecule has 26 heavy (non-hydrogen) atoms. The van der Waals surface area contributed by atoms with Gasteiger partial charge in [0.25, 0.3) is 0 Å². The summed E-state index contributed by atoms with van der Waals surface area (Å²) in [4.78, 5) is 16.9. The first kappa shape index (κ1) is 18.2. The van der Waals surface area contributed by atoms with E-state index in [-0.39, 0.29) is 11.3 Å². The van der Waals surface area contributed by atoms with Crippen molar-refractivity contribution in [3.63, 3.8) is 0 Å². The predicted molar refractivity (Wildman–Crippen MR) is 107 cm³/mol. The molecular weight excluding hydrogens is 322 g/mol. The molecule has 1 aromatic carbocycles. The number of carbonyl (C=O) groups is 1. The second-order valence-electron chi connectivity index (χ2n) is 8.29. The summed E-state index contributed by atoms with van der Waals surface area (Å²) in [6.07, 6.45) is 5.58. The van der Waals surface area contributed by atoms with Gasteiger partial charge in [0.1, 0.15) is 5.65 Å². The highest BCUT2D eigenvalue weighted by Crippen LogP contribution is 2.26. The van der Waals surface area contributed by atoms with Crippen molar-refractivity contribution in [2.24, 2.45) is 11.3 Å². The molecule has 0 bridgehead atoms. The lowest BCUT2D eigenvalue weighted by atomic mass is 9.84. The zero-order valence-corrected chi connectivity index (χ0v) is 16.0. The van der Waals surface area contributed by atoms with Gasteiger partial charge in [0.05, 0.1) is 5.69 Å². The Morgan fingerprint density at radius 3 is 2.54 bits per heavy atom. The summed E-state index contributed by atoms with van der Waals surface area (Å²) < 4.78 is 2.00. The van der Waals surface area contributed by atoms with Crippen LogP contribution in [0.25, 0.3) is 16.9 Å². The molecular formula is C22H27N3O. The number of carbonyl (C=O) groups excluding carboxylic acids is 1. The van der Waals surface area contributed by atoms with Gasteiger partial charge in [0, 0.05) is 30.1 Å². The lowest BCUT2D eigenvalue weighted by Crippen LogP contribution is -2.18. The molecule has 1 unspecified atom stereocenters. The smallest absolute Gasteiger partial charge is 0.224 e. The van der Waals surface area contributed by atoms with E-state index < -0.39 is 0 Å². The number of hydrogen-bond donors (Lipinski definition) is 1. The average Bonchev–Trinajstić information content (AvgIpc) is 2.97. The molecule has 1 amide bonds. The molecule has 2 heterocycles. The molecule has 136 valence electrons. The number of amides is 1. The molecule has 1 N–H and O–H groups in total. The van der Waals surface area contributed by atoms with Gasteiger partial charge in [-0.1, -0.05) is 45.9 Å². The van der Waals surface area contributed by atoms with Gasteiger partial charge in [-0.3, -0.25) is 4.79 Å². The van der Waals surface area contributed by atoms with E-state index in [4.69, 9.17) is 0 Å². The zero-order chi connectivity index (χ0) is 18.7. The Kier molecular flexibility index (Phi) is 5.12. The van der Waals surface area contributed by atoms with Crippen molar-refractivity contribution in [2.75, 3.05) is 5.32 Å². The van der Waals surface area contributed by atoms with E-state index in [1.807, 2.05) is 59.3 Å². The monoisotopic (exact) mass is 349 g/mol.